The van der Waals surface area contributed by atoms with E-state index in [1.54, 1.807) is 13.0 Å². The Kier molecular flexibility index (Phi) is 5.15. The summed E-state index contributed by atoms with van der Waals surface area (Å²) in [5.41, 5.74) is 0. The fourth-order valence-corrected chi connectivity index (χ4v) is 2.77. The summed E-state index contributed by atoms with van der Waals surface area (Å²) in [7, 11) is 1.50. The van der Waals surface area contributed by atoms with E-state index in [1.807, 2.05) is 6.92 Å². The largest absolute Gasteiger partial charge is 0.496 e. The van der Waals surface area contributed by atoms with Crippen LogP contribution in [0.2, 0.25) is 0 Å². The van der Waals surface area contributed by atoms with Crippen molar-refractivity contribution < 1.29 is 28.2 Å². The van der Waals surface area contributed by atoms with Crippen LogP contribution in [-0.2, 0) is 14.3 Å². The van der Waals surface area contributed by atoms with E-state index in [-0.39, 0.29) is 11.7 Å². The maximum absolute atomic E-state index is 12.9. The summed E-state index contributed by atoms with van der Waals surface area (Å²) in [6.07, 6.45) is 3.85. The standard InChI is InChI=1S/C17H19N5O5/c1-4-7-26-11-5-6-18-15-14(11)16(24)22(17(25)21(15)3)9-13(23)19-12-8-10(2)27-20-12/h5-6,8,14H,4,7,9H2,1-3H3/p+1. The Morgan fingerprint density at radius 3 is 2.89 bits per heavy atom. The summed E-state index contributed by atoms with van der Waals surface area (Å²) in [6, 6.07) is 0.900. The number of rotatable bonds is 6. The van der Waals surface area contributed by atoms with Crippen LogP contribution in [0.25, 0.3) is 0 Å². The molecule has 3 rings (SSSR count). The van der Waals surface area contributed by atoms with E-state index in [4.69, 9.17) is 9.26 Å². The van der Waals surface area contributed by atoms with E-state index in [9.17, 15) is 14.4 Å². The van der Waals surface area contributed by atoms with Gasteiger partial charge in [0.15, 0.2) is 18.3 Å². The van der Waals surface area contributed by atoms with Gasteiger partial charge in [0.05, 0.1) is 13.7 Å². The number of dihydropyridines is 1. The molecule has 1 N–H and O–H groups in total. The van der Waals surface area contributed by atoms with Crippen LogP contribution in [0, 0.1) is 12.8 Å². The van der Waals surface area contributed by atoms with E-state index < -0.39 is 30.3 Å². The van der Waals surface area contributed by atoms with Crippen LogP contribution < -0.4 is 5.32 Å². The smallest absolute Gasteiger partial charge is 0.446 e. The van der Waals surface area contributed by atoms with Crippen molar-refractivity contribution >= 4 is 35.7 Å². The second-order valence-corrected chi connectivity index (χ2v) is 6.12. The molecule has 0 saturated heterocycles. The molecule has 0 radical (unpaired) electrons. The second kappa shape index (κ2) is 7.52. The highest BCUT2D eigenvalue weighted by molar-refractivity contribution is 6.16. The first-order chi connectivity index (χ1) is 12.9. The zero-order valence-corrected chi connectivity index (χ0v) is 15.3. The molecule has 0 fully saturated rings. The molecule has 1 aromatic rings. The number of imide groups is 1. The molecule has 27 heavy (non-hydrogen) atoms. The Bertz CT molecular complexity index is 882. The number of carbonyl (C=O) groups excluding carboxylic acids is 3. The summed E-state index contributed by atoms with van der Waals surface area (Å²) in [6.45, 7) is 3.60. The third kappa shape index (κ3) is 3.64. The van der Waals surface area contributed by atoms with Crippen molar-refractivity contribution in [2.24, 2.45) is 10.9 Å². The van der Waals surface area contributed by atoms with E-state index in [1.165, 1.54) is 23.9 Å². The summed E-state index contributed by atoms with van der Waals surface area (Å²) < 4.78 is 11.8. The van der Waals surface area contributed by atoms with Gasteiger partial charge in [0.25, 0.3) is 11.7 Å². The number of nitrogens with zero attached hydrogens (tertiary/aromatic N) is 4. The molecule has 2 aliphatic rings. The average molecular weight is 374 g/mol. The molecule has 0 saturated carbocycles. The molecule has 3 heterocycles. The third-order valence-electron chi connectivity index (χ3n) is 4.03. The van der Waals surface area contributed by atoms with E-state index in [0.29, 0.717) is 18.1 Å². The summed E-state index contributed by atoms with van der Waals surface area (Å²) >= 11 is 0. The Morgan fingerprint density at radius 2 is 2.22 bits per heavy atom. The highest BCUT2D eigenvalue weighted by atomic mass is 16.5. The van der Waals surface area contributed by atoms with E-state index in [0.717, 1.165) is 11.3 Å². The van der Waals surface area contributed by atoms with Crippen molar-refractivity contribution in [1.82, 2.24) is 10.1 Å². The van der Waals surface area contributed by atoms with Gasteiger partial charge in [0.1, 0.15) is 17.7 Å². The molecule has 0 spiro atoms. The van der Waals surface area contributed by atoms with Gasteiger partial charge in [0.2, 0.25) is 0 Å². The first-order valence-electron chi connectivity index (χ1n) is 8.48. The van der Waals surface area contributed by atoms with Crippen LogP contribution in [-0.4, -0.2) is 64.7 Å². The molecular formula is C17H20N5O5+. The number of fused-ring (bicyclic) bond motifs is 1. The van der Waals surface area contributed by atoms with Gasteiger partial charge in [-0.2, -0.15) is 9.48 Å². The lowest BCUT2D eigenvalue weighted by molar-refractivity contribution is -0.408. The monoisotopic (exact) mass is 374 g/mol. The van der Waals surface area contributed by atoms with Gasteiger partial charge in [-0.3, -0.25) is 9.59 Å². The number of aryl methyl sites for hydroxylation is 1. The normalized spacial score (nSPS) is 19.1. The Morgan fingerprint density at radius 1 is 1.44 bits per heavy atom. The molecule has 0 bridgehead atoms. The fraction of sp³-hybridized carbons (Fsp3) is 0.412. The Balaban J connectivity index is 1.81. The van der Waals surface area contributed by atoms with Gasteiger partial charge >= 0.3 is 11.9 Å². The summed E-state index contributed by atoms with van der Waals surface area (Å²) in [5, 5.41) is 6.15. The maximum Gasteiger partial charge on any atom is 0.446 e. The molecule has 0 aliphatic carbocycles. The number of aromatic nitrogens is 1. The van der Waals surface area contributed by atoms with Crippen LogP contribution in [0.3, 0.4) is 0 Å². The predicted molar refractivity (Wildman–Crippen MR) is 94.5 cm³/mol. The lowest BCUT2D eigenvalue weighted by Crippen LogP contribution is -2.56. The van der Waals surface area contributed by atoms with Crippen LogP contribution in [0.1, 0.15) is 19.1 Å². The third-order valence-corrected chi connectivity index (χ3v) is 4.03. The van der Waals surface area contributed by atoms with Gasteiger partial charge in [-0.15, -0.1) is 4.99 Å². The first-order valence-corrected chi connectivity index (χ1v) is 8.48. The topological polar surface area (TPSA) is 117 Å². The molecule has 4 amide bonds. The van der Waals surface area contributed by atoms with Gasteiger partial charge in [-0.25, -0.2) is 4.79 Å². The Hall–Kier alpha value is -3.30. The number of allylic oxidation sites excluding steroid dienone is 1. The average Bonchev–Trinajstić information content (AvgIpc) is 3.05. The van der Waals surface area contributed by atoms with Crippen LogP contribution >= 0.6 is 0 Å². The molecular weight excluding hydrogens is 354 g/mol. The fourth-order valence-electron chi connectivity index (χ4n) is 2.77. The van der Waals surface area contributed by atoms with E-state index >= 15 is 0 Å². The number of hydrogen-bond acceptors (Lipinski definition) is 7. The number of aliphatic imine (C=N–C) groups is 1. The van der Waals surface area contributed by atoms with Gasteiger partial charge in [-0.1, -0.05) is 12.1 Å². The number of carbonyl (C=O) groups is 3. The quantitative estimate of drug-likeness (QED) is 0.741. The van der Waals surface area contributed by atoms with Crippen molar-refractivity contribution in [2.45, 2.75) is 20.3 Å². The molecule has 0 aromatic carbocycles. The zero-order chi connectivity index (χ0) is 19.6. The molecule has 10 heteroatoms. The van der Waals surface area contributed by atoms with Crippen molar-refractivity contribution in [3.05, 3.63) is 23.7 Å². The molecule has 2 aliphatic heterocycles. The van der Waals surface area contributed by atoms with E-state index in [2.05, 4.69) is 15.5 Å². The minimum Gasteiger partial charge on any atom is -0.496 e. The van der Waals surface area contributed by atoms with Crippen molar-refractivity contribution in [3.8, 4) is 0 Å². The van der Waals surface area contributed by atoms with Crippen molar-refractivity contribution in [1.29, 1.82) is 0 Å². The maximum atomic E-state index is 12.9. The molecule has 1 aromatic heterocycles. The van der Waals surface area contributed by atoms with Crippen LogP contribution in [0.4, 0.5) is 10.6 Å². The summed E-state index contributed by atoms with van der Waals surface area (Å²) in [4.78, 5) is 42.8. The van der Waals surface area contributed by atoms with Crippen molar-refractivity contribution in [3.63, 3.8) is 0 Å². The lowest BCUT2D eigenvalue weighted by atomic mass is 9.99. The zero-order valence-electron chi connectivity index (χ0n) is 15.3. The first kappa shape index (κ1) is 18.5. The summed E-state index contributed by atoms with van der Waals surface area (Å²) in [5.74, 6) is -0.557. The van der Waals surface area contributed by atoms with Gasteiger partial charge in [0, 0.05) is 12.1 Å². The molecule has 1 atom stereocenters. The number of amides is 4. The van der Waals surface area contributed by atoms with Gasteiger partial charge in [-0.05, 0) is 13.3 Å². The molecule has 142 valence electrons. The number of ether oxygens (including phenoxy) is 1. The van der Waals surface area contributed by atoms with Gasteiger partial charge < -0.3 is 14.6 Å². The number of urea groups is 1. The molecule has 10 nitrogen and oxygen atoms in total. The SMILES string of the molecule is CCCOC1=CC=NC2=[N+](C)C(=O)N(CC(=O)Nc3cc(C)on3)C(=O)C12. The molecule has 1 unspecified atom stereocenters. The number of nitrogens with one attached hydrogen (secondary N) is 1. The number of hydrogen-bond donors (Lipinski definition) is 1. The second-order valence-electron chi connectivity index (χ2n) is 6.12. The minimum absolute atomic E-state index is 0.212. The lowest BCUT2D eigenvalue weighted by Gasteiger charge is -2.28. The minimum atomic E-state index is -0.855. The van der Waals surface area contributed by atoms with Crippen LogP contribution in [0.15, 0.2) is 27.4 Å². The van der Waals surface area contributed by atoms with Crippen LogP contribution in [0.5, 0.6) is 0 Å². The van der Waals surface area contributed by atoms with Crippen molar-refractivity contribution in [2.75, 3.05) is 25.5 Å². The number of anilines is 1. The number of amidine groups is 1. The highest BCUT2D eigenvalue weighted by Crippen LogP contribution is 2.25. The Labute approximate surface area is 155 Å². The highest BCUT2D eigenvalue weighted by Gasteiger charge is 2.50. The predicted octanol–water partition coefficient (Wildman–Crippen LogP) is 0.936.